The monoisotopic (exact) mass is 510 g/mol. The number of alkyl halides is 9. The van der Waals surface area contributed by atoms with E-state index in [4.69, 9.17) is 9.05 Å². The van der Waals surface area contributed by atoms with Crippen molar-refractivity contribution in [3.63, 3.8) is 0 Å². The average molecular weight is 510 g/mol. The first-order valence-electron chi connectivity index (χ1n) is 10.7. The van der Waals surface area contributed by atoms with Crippen molar-refractivity contribution in [3.8, 4) is 0 Å². The maximum atomic E-state index is 13.4. The van der Waals surface area contributed by atoms with Gasteiger partial charge in [-0.25, -0.2) is 0 Å². The summed E-state index contributed by atoms with van der Waals surface area (Å²) in [6.07, 6.45) is -4.13. The molecule has 0 unspecified atom stereocenters. The summed E-state index contributed by atoms with van der Waals surface area (Å²) in [6, 6.07) is 0. The summed E-state index contributed by atoms with van der Waals surface area (Å²) < 4.78 is 137. The van der Waals surface area contributed by atoms with E-state index >= 15 is 0 Å². The molecule has 0 N–H and O–H groups in total. The molecule has 0 heterocycles. The quantitative estimate of drug-likeness (QED) is 0.105. The molecule has 0 saturated carbocycles. The highest BCUT2D eigenvalue weighted by Gasteiger charge is 2.81. The molecule has 0 saturated heterocycles. The van der Waals surface area contributed by atoms with Crippen LogP contribution in [0.1, 0.15) is 78.1 Å². The van der Waals surface area contributed by atoms with Crippen molar-refractivity contribution in [2.24, 2.45) is 0 Å². The third kappa shape index (κ3) is 9.41. The number of rotatable bonds is 18. The molecule has 32 heavy (non-hydrogen) atoms. The van der Waals surface area contributed by atoms with E-state index in [2.05, 4.69) is 0 Å². The van der Waals surface area contributed by atoms with E-state index in [1.165, 1.54) is 0 Å². The van der Waals surface area contributed by atoms with Crippen LogP contribution in [0.3, 0.4) is 0 Å². The standard InChI is InChI=1S/C19H32F9O3P/c1-3-30-32(29,31-4-2)15-13-11-9-7-5-6-8-10-12-14-16(20,21)17(22,23)18(24,25)19(26,27)28/h3-15H2,1-2H3. The molecule has 0 aliphatic carbocycles. The van der Waals surface area contributed by atoms with E-state index < -0.39 is 44.4 Å². The Morgan fingerprint density at radius 3 is 1.34 bits per heavy atom. The van der Waals surface area contributed by atoms with Gasteiger partial charge >= 0.3 is 31.5 Å². The molecule has 0 aromatic rings. The van der Waals surface area contributed by atoms with E-state index in [1.54, 1.807) is 13.8 Å². The minimum Gasteiger partial charge on any atom is -0.309 e. The molecule has 3 nitrogen and oxygen atoms in total. The molecule has 0 spiro atoms. The van der Waals surface area contributed by atoms with Gasteiger partial charge in [-0.1, -0.05) is 44.9 Å². The summed E-state index contributed by atoms with van der Waals surface area (Å²) in [5.74, 6) is -18.8. The van der Waals surface area contributed by atoms with Crippen LogP contribution in [0.2, 0.25) is 0 Å². The van der Waals surface area contributed by atoms with E-state index in [9.17, 15) is 44.1 Å². The largest absolute Gasteiger partial charge is 0.460 e. The topological polar surface area (TPSA) is 35.5 Å². The zero-order chi connectivity index (χ0) is 25.1. The Morgan fingerprint density at radius 2 is 0.969 bits per heavy atom. The summed E-state index contributed by atoms with van der Waals surface area (Å²) in [6.45, 7) is 4.00. The van der Waals surface area contributed by atoms with Crippen molar-refractivity contribution in [1.82, 2.24) is 0 Å². The summed E-state index contributed by atoms with van der Waals surface area (Å²) in [4.78, 5) is 0. The molecule has 0 aliphatic rings. The summed E-state index contributed by atoms with van der Waals surface area (Å²) in [5, 5.41) is 0. The average Bonchev–Trinajstić information content (AvgIpc) is 2.65. The van der Waals surface area contributed by atoms with E-state index in [-0.39, 0.29) is 19.6 Å². The SMILES string of the molecule is CCOP(=O)(CCCCCCCCCCCC(F)(F)C(F)(F)C(F)(F)C(F)(F)F)OCC. The van der Waals surface area contributed by atoms with Gasteiger partial charge in [-0.15, -0.1) is 0 Å². The smallest absolute Gasteiger partial charge is 0.309 e. The van der Waals surface area contributed by atoms with Gasteiger partial charge in [0.1, 0.15) is 0 Å². The molecule has 0 atom stereocenters. The van der Waals surface area contributed by atoms with Gasteiger partial charge in [-0.3, -0.25) is 4.57 Å². The number of hydrogen-bond acceptors (Lipinski definition) is 3. The van der Waals surface area contributed by atoms with Gasteiger partial charge in [0, 0.05) is 6.42 Å². The molecule has 0 amide bonds. The molecular weight excluding hydrogens is 478 g/mol. The maximum Gasteiger partial charge on any atom is 0.460 e. The van der Waals surface area contributed by atoms with Crippen LogP contribution in [0, 0.1) is 0 Å². The molecule has 0 aromatic heterocycles. The maximum absolute atomic E-state index is 13.4. The van der Waals surface area contributed by atoms with Gasteiger partial charge in [0.25, 0.3) is 0 Å². The molecule has 0 fully saturated rings. The fourth-order valence-corrected chi connectivity index (χ4v) is 4.74. The Balaban J connectivity index is 4.06. The highest BCUT2D eigenvalue weighted by atomic mass is 31.2. The van der Waals surface area contributed by atoms with Gasteiger partial charge in [0.05, 0.1) is 19.4 Å². The first kappa shape index (κ1) is 31.5. The Bertz CT molecular complexity index is 559. The van der Waals surface area contributed by atoms with Crippen molar-refractivity contribution in [3.05, 3.63) is 0 Å². The highest BCUT2D eigenvalue weighted by molar-refractivity contribution is 7.53. The van der Waals surface area contributed by atoms with Crippen LogP contribution in [0.5, 0.6) is 0 Å². The summed E-state index contributed by atoms with van der Waals surface area (Å²) >= 11 is 0. The zero-order valence-electron chi connectivity index (χ0n) is 18.3. The van der Waals surface area contributed by atoms with Crippen LogP contribution >= 0.6 is 7.60 Å². The molecule has 194 valence electrons. The lowest BCUT2D eigenvalue weighted by Crippen LogP contribution is -2.60. The molecule has 13 heteroatoms. The van der Waals surface area contributed by atoms with Gasteiger partial charge in [-0.2, -0.15) is 39.5 Å². The van der Waals surface area contributed by atoms with Crippen molar-refractivity contribution >= 4 is 7.60 Å². The fraction of sp³-hybridized carbons (Fsp3) is 1.00. The van der Waals surface area contributed by atoms with Crippen LogP contribution in [-0.4, -0.2) is 43.3 Å². The molecule has 0 bridgehead atoms. The first-order chi connectivity index (χ1) is 14.6. The van der Waals surface area contributed by atoms with Crippen LogP contribution in [-0.2, 0) is 13.6 Å². The lowest BCUT2D eigenvalue weighted by atomic mass is 9.97. The minimum absolute atomic E-state index is 0.00908. The van der Waals surface area contributed by atoms with Crippen molar-refractivity contribution in [1.29, 1.82) is 0 Å². The van der Waals surface area contributed by atoms with E-state index in [0.29, 0.717) is 31.8 Å². The molecule has 0 radical (unpaired) electrons. The van der Waals surface area contributed by atoms with Gasteiger partial charge in [0.2, 0.25) is 0 Å². The van der Waals surface area contributed by atoms with Crippen molar-refractivity contribution in [2.75, 3.05) is 19.4 Å². The Morgan fingerprint density at radius 1 is 0.594 bits per heavy atom. The summed E-state index contributed by atoms with van der Waals surface area (Å²) in [5.41, 5.74) is 0. The Hall–Kier alpha value is -0.480. The zero-order valence-corrected chi connectivity index (χ0v) is 19.2. The second-order valence-electron chi connectivity index (χ2n) is 7.45. The lowest BCUT2D eigenvalue weighted by Gasteiger charge is -2.33. The lowest BCUT2D eigenvalue weighted by molar-refractivity contribution is -0.396. The van der Waals surface area contributed by atoms with Gasteiger partial charge in [-0.05, 0) is 26.7 Å². The van der Waals surface area contributed by atoms with Crippen LogP contribution in [0.15, 0.2) is 0 Å². The molecular formula is C19H32F9O3P. The number of hydrogen-bond donors (Lipinski definition) is 0. The predicted molar refractivity (Wildman–Crippen MR) is 103 cm³/mol. The van der Waals surface area contributed by atoms with Crippen molar-refractivity contribution < 1.29 is 53.1 Å². The van der Waals surface area contributed by atoms with Crippen LogP contribution in [0.4, 0.5) is 39.5 Å². The van der Waals surface area contributed by atoms with Crippen LogP contribution < -0.4 is 0 Å². The van der Waals surface area contributed by atoms with Gasteiger partial charge in [0.15, 0.2) is 0 Å². The fourth-order valence-electron chi connectivity index (χ4n) is 3.01. The predicted octanol–water partition coefficient (Wildman–Crippen LogP) is 8.62. The van der Waals surface area contributed by atoms with E-state index in [1.807, 2.05) is 0 Å². The number of unbranched alkanes of at least 4 members (excludes halogenated alkanes) is 8. The normalized spacial score (nSPS) is 14.2. The van der Waals surface area contributed by atoms with Gasteiger partial charge < -0.3 is 9.05 Å². The second-order valence-corrected chi connectivity index (χ2v) is 9.64. The molecule has 0 aromatic carbocycles. The highest BCUT2D eigenvalue weighted by Crippen LogP contribution is 2.54. The minimum atomic E-state index is -6.82. The molecule has 0 rings (SSSR count). The summed E-state index contributed by atoms with van der Waals surface area (Å²) in [7, 11) is -3.06. The Kier molecular flexibility index (Phi) is 13.2. The first-order valence-corrected chi connectivity index (χ1v) is 12.4. The number of halogens is 9. The second kappa shape index (κ2) is 13.4. The Labute approximate surface area is 182 Å². The van der Waals surface area contributed by atoms with Crippen LogP contribution in [0.25, 0.3) is 0 Å². The molecule has 0 aliphatic heterocycles. The van der Waals surface area contributed by atoms with E-state index in [0.717, 1.165) is 19.3 Å². The third-order valence-corrected chi connectivity index (χ3v) is 6.95. The third-order valence-electron chi connectivity index (χ3n) is 4.78. The van der Waals surface area contributed by atoms with Crippen molar-refractivity contribution in [2.45, 2.75) is 102 Å².